The van der Waals surface area contributed by atoms with Crippen molar-refractivity contribution in [3.05, 3.63) is 24.3 Å². The molecule has 0 radical (unpaired) electrons. The topological polar surface area (TPSA) is 35.5 Å². The van der Waals surface area contributed by atoms with Gasteiger partial charge in [0.1, 0.15) is 0 Å². The Morgan fingerprint density at radius 1 is 1.19 bits per heavy atom. The number of anilines is 2. The number of unbranched alkanes of at least 4 members (excludes halogenated alkanes) is 1. The molecule has 1 rings (SSSR count). The van der Waals surface area contributed by atoms with Crippen LogP contribution in [0, 0.1) is 0 Å². The number of aliphatic hydroxyl groups excluding tert-OH is 1. The van der Waals surface area contributed by atoms with Gasteiger partial charge in [0.2, 0.25) is 0 Å². The predicted octanol–water partition coefficient (Wildman–Crippen LogP) is 2.33. The van der Waals surface area contributed by atoms with Crippen LogP contribution in [-0.4, -0.2) is 31.9 Å². The summed E-state index contributed by atoms with van der Waals surface area (Å²) < 4.78 is 0. The van der Waals surface area contributed by atoms with Crippen molar-refractivity contribution in [2.75, 3.05) is 37.0 Å². The second kappa shape index (κ2) is 7.12. The van der Waals surface area contributed by atoms with E-state index in [9.17, 15) is 0 Å². The van der Waals surface area contributed by atoms with Crippen LogP contribution in [0.5, 0.6) is 0 Å². The third-order valence-corrected chi connectivity index (χ3v) is 2.74. The van der Waals surface area contributed by atoms with Crippen LogP contribution in [0.3, 0.4) is 0 Å². The highest BCUT2D eigenvalue weighted by molar-refractivity contribution is 5.54. The van der Waals surface area contributed by atoms with E-state index < -0.39 is 0 Å². The molecule has 3 nitrogen and oxygen atoms in total. The van der Waals surface area contributed by atoms with E-state index in [4.69, 9.17) is 5.11 Å². The summed E-state index contributed by atoms with van der Waals surface area (Å²) >= 11 is 0. The third-order valence-electron chi connectivity index (χ3n) is 2.74. The van der Waals surface area contributed by atoms with Gasteiger partial charge in [-0.2, -0.15) is 0 Å². The Morgan fingerprint density at radius 2 is 1.88 bits per heavy atom. The molecule has 0 saturated heterocycles. The van der Waals surface area contributed by atoms with Gasteiger partial charge in [-0.15, -0.1) is 0 Å². The van der Waals surface area contributed by atoms with Crippen LogP contribution >= 0.6 is 0 Å². The van der Waals surface area contributed by atoms with Gasteiger partial charge >= 0.3 is 0 Å². The maximum atomic E-state index is 8.76. The summed E-state index contributed by atoms with van der Waals surface area (Å²) in [5.41, 5.74) is 2.38. The van der Waals surface area contributed by atoms with Gasteiger partial charge in [0.15, 0.2) is 0 Å². The Balaban J connectivity index is 2.56. The number of benzene rings is 1. The van der Waals surface area contributed by atoms with Crippen LogP contribution in [0.1, 0.15) is 19.8 Å². The van der Waals surface area contributed by atoms with Crippen LogP contribution in [0.25, 0.3) is 0 Å². The number of nitrogens with one attached hydrogen (secondary N) is 1. The highest BCUT2D eigenvalue weighted by atomic mass is 16.2. The Kier molecular flexibility index (Phi) is 5.72. The number of hydrogen-bond donors (Lipinski definition) is 2. The lowest BCUT2D eigenvalue weighted by molar-refractivity contribution is 0.285. The van der Waals surface area contributed by atoms with E-state index in [1.54, 1.807) is 0 Å². The van der Waals surface area contributed by atoms with Crippen LogP contribution < -0.4 is 10.2 Å². The molecule has 0 unspecified atom stereocenters. The van der Waals surface area contributed by atoms with E-state index in [1.165, 1.54) is 5.69 Å². The van der Waals surface area contributed by atoms with E-state index in [1.807, 2.05) is 7.05 Å². The fraction of sp³-hybridized carbons (Fsp3) is 0.538. The lowest BCUT2D eigenvalue weighted by Crippen LogP contribution is -2.23. The molecule has 0 aliphatic carbocycles. The van der Waals surface area contributed by atoms with E-state index in [0.29, 0.717) is 0 Å². The molecule has 1 aromatic carbocycles. The van der Waals surface area contributed by atoms with Crippen molar-refractivity contribution in [3.8, 4) is 0 Å². The molecule has 0 heterocycles. The van der Waals surface area contributed by atoms with Crippen molar-refractivity contribution in [1.82, 2.24) is 0 Å². The van der Waals surface area contributed by atoms with Crippen molar-refractivity contribution in [1.29, 1.82) is 0 Å². The van der Waals surface area contributed by atoms with Crippen LogP contribution in [0.2, 0.25) is 0 Å². The van der Waals surface area contributed by atoms with Gasteiger partial charge in [-0.05, 0) is 44.0 Å². The Bertz CT molecular complexity index is 284. The summed E-state index contributed by atoms with van der Waals surface area (Å²) in [6.45, 7) is 4.46. The summed E-state index contributed by atoms with van der Waals surface area (Å²) in [7, 11) is 1.92. The largest absolute Gasteiger partial charge is 0.396 e. The molecule has 16 heavy (non-hydrogen) atoms. The number of aliphatic hydroxyl groups is 1. The monoisotopic (exact) mass is 222 g/mol. The summed E-state index contributed by atoms with van der Waals surface area (Å²) in [5, 5.41) is 11.9. The summed E-state index contributed by atoms with van der Waals surface area (Å²) in [4.78, 5) is 2.33. The van der Waals surface area contributed by atoms with Gasteiger partial charge in [-0.25, -0.2) is 0 Å². The molecule has 1 aromatic rings. The summed E-state index contributed by atoms with van der Waals surface area (Å²) in [5.74, 6) is 0. The molecular formula is C13H22N2O. The predicted molar refractivity (Wildman–Crippen MR) is 70.2 cm³/mol. The van der Waals surface area contributed by atoms with E-state index in [2.05, 4.69) is 41.4 Å². The lowest BCUT2D eigenvalue weighted by Gasteiger charge is -2.23. The molecule has 0 spiro atoms. The molecule has 0 bridgehead atoms. The summed E-state index contributed by atoms with van der Waals surface area (Å²) in [6.07, 6.45) is 1.92. The standard InChI is InChI=1S/C13H22N2O/c1-3-15(10-4-5-11-16)13-8-6-12(14-2)7-9-13/h6-9,14,16H,3-5,10-11H2,1-2H3. The van der Waals surface area contributed by atoms with Gasteiger partial charge < -0.3 is 15.3 Å². The third kappa shape index (κ3) is 3.74. The maximum Gasteiger partial charge on any atom is 0.0431 e. The Hall–Kier alpha value is -1.22. The van der Waals surface area contributed by atoms with Gasteiger partial charge in [-0.1, -0.05) is 0 Å². The van der Waals surface area contributed by atoms with Gasteiger partial charge in [0, 0.05) is 38.1 Å². The first kappa shape index (κ1) is 12.8. The van der Waals surface area contributed by atoms with E-state index in [0.717, 1.165) is 31.6 Å². The zero-order valence-electron chi connectivity index (χ0n) is 10.2. The van der Waals surface area contributed by atoms with Crippen molar-refractivity contribution in [3.63, 3.8) is 0 Å². The van der Waals surface area contributed by atoms with Crippen LogP contribution in [0.15, 0.2) is 24.3 Å². The van der Waals surface area contributed by atoms with Crippen molar-refractivity contribution >= 4 is 11.4 Å². The fourth-order valence-corrected chi connectivity index (χ4v) is 1.72. The quantitative estimate of drug-likeness (QED) is 0.695. The van der Waals surface area contributed by atoms with E-state index >= 15 is 0 Å². The average Bonchev–Trinajstić information content (AvgIpc) is 2.35. The average molecular weight is 222 g/mol. The first-order chi connectivity index (χ1) is 7.81. The zero-order valence-corrected chi connectivity index (χ0v) is 10.2. The molecular weight excluding hydrogens is 200 g/mol. The molecule has 2 N–H and O–H groups in total. The first-order valence-electron chi connectivity index (χ1n) is 5.95. The minimum Gasteiger partial charge on any atom is -0.396 e. The molecule has 90 valence electrons. The molecule has 0 amide bonds. The van der Waals surface area contributed by atoms with Gasteiger partial charge in [0.25, 0.3) is 0 Å². The molecule has 0 fully saturated rings. The van der Waals surface area contributed by atoms with E-state index in [-0.39, 0.29) is 6.61 Å². The highest BCUT2D eigenvalue weighted by Crippen LogP contribution is 2.17. The SMILES string of the molecule is CCN(CCCCO)c1ccc(NC)cc1. The fourth-order valence-electron chi connectivity index (χ4n) is 1.72. The molecule has 3 heteroatoms. The van der Waals surface area contributed by atoms with Crippen molar-refractivity contribution in [2.24, 2.45) is 0 Å². The normalized spacial score (nSPS) is 10.2. The van der Waals surface area contributed by atoms with Crippen LogP contribution in [0.4, 0.5) is 11.4 Å². The lowest BCUT2D eigenvalue weighted by atomic mass is 10.2. The second-order valence-electron chi connectivity index (χ2n) is 3.81. The van der Waals surface area contributed by atoms with Crippen molar-refractivity contribution < 1.29 is 5.11 Å². The smallest absolute Gasteiger partial charge is 0.0431 e. The summed E-state index contributed by atoms with van der Waals surface area (Å²) in [6, 6.07) is 8.44. The molecule has 0 atom stereocenters. The molecule has 0 saturated carbocycles. The second-order valence-corrected chi connectivity index (χ2v) is 3.81. The maximum absolute atomic E-state index is 8.76. The number of hydrogen-bond acceptors (Lipinski definition) is 3. The molecule has 0 aromatic heterocycles. The van der Waals surface area contributed by atoms with Crippen LogP contribution in [-0.2, 0) is 0 Å². The first-order valence-corrected chi connectivity index (χ1v) is 5.95. The number of nitrogens with zero attached hydrogens (tertiary/aromatic N) is 1. The minimum atomic E-state index is 0.288. The minimum absolute atomic E-state index is 0.288. The number of rotatable bonds is 7. The van der Waals surface area contributed by atoms with Crippen molar-refractivity contribution in [2.45, 2.75) is 19.8 Å². The Labute approximate surface area is 98.1 Å². The van der Waals surface area contributed by atoms with Gasteiger partial charge in [0.05, 0.1) is 0 Å². The molecule has 0 aliphatic heterocycles. The van der Waals surface area contributed by atoms with Gasteiger partial charge in [-0.3, -0.25) is 0 Å². The Morgan fingerprint density at radius 3 is 2.38 bits per heavy atom. The highest BCUT2D eigenvalue weighted by Gasteiger charge is 2.03. The zero-order chi connectivity index (χ0) is 11.8. The molecule has 0 aliphatic rings.